The molecule has 3 rings (SSSR count). The van der Waals surface area contributed by atoms with E-state index in [2.05, 4.69) is 9.97 Å². The number of benzene rings is 1. The fraction of sp³-hybridized carbons (Fsp3) is 0.435. The van der Waals surface area contributed by atoms with Gasteiger partial charge in [0.15, 0.2) is 0 Å². The Labute approximate surface area is 196 Å². The van der Waals surface area contributed by atoms with Crippen molar-refractivity contribution < 1.29 is 24.0 Å². The van der Waals surface area contributed by atoms with Gasteiger partial charge in [-0.25, -0.2) is 14.8 Å². The highest BCUT2D eigenvalue weighted by Gasteiger charge is 2.32. The van der Waals surface area contributed by atoms with Gasteiger partial charge in [0.2, 0.25) is 0 Å². The van der Waals surface area contributed by atoms with Gasteiger partial charge in [-0.3, -0.25) is 19.7 Å². The van der Waals surface area contributed by atoms with Crippen molar-refractivity contribution in [1.82, 2.24) is 19.8 Å². The molecular formula is C23H27N5O6. The molecule has 1 saturated heterocycles. The molecule has 1 aromatic heterocycles. The molecule has 11 nitrogen and oxygen atoms in total. The average molecular weight is 469 g/mol. The maximum Gasteiger partial charge on any atom is 0.342 e. The molecule has 34 heavy (non-hydrogen) atoms. The maximum absolute atomic E-state index is 13.4. The first-order valence-electron chi connectivity index (χ1n) is 11.0. The van der Waals surface area contributed by atoms with Crippen molar-refractivity contribution in [3.8, 4) is 0 Å². The van der Waals surface area contributed by atoms with E-state index in [1.165, 1.54) is 24.3 Å². The zero-order valence-corrected chi connectivity index (χ0v) is 19.6. The Morgan fingerprint density at radius 2 is 1.59 bits per heavy atom. The first kappa shape index (κ1) is 24.7. The predicted molar refractivity (Wildman–Crippen MR) is 122 cm³/mol. The Bertz CT molecular complexity index is 1110. The molecule has 0 atom stereocenters. The number of ether oxygens (including phenoxy) is 1. The minimum atomic E-state index is -0.637. The highest BCUT2D eigenvalue weighted by molar-refractivity contribution is 6.05. The van der Waals surface area contributed by atoms with E-state index < -0.39 is 16.8 Å². The smallest absolute Gasteiger partial charge is 0.342 e. The third-order valence-corrected chi connectivity index (χ3v) is 5.46. The van der Waals surface area contributed by atoms with Crippen LogP contribution in [0.3, 0.4) is 0 Å². The number of nitrogens with zero attached hydrogens (tertiary/aromatic N) is 5. The number of aromatic nitrogens is 2. The van der Waals surface area contributed by atoms with Crippen molar-refractivity contribution in [3.63, 3.8) is 0 Å². The summed E-state index contributed by atoms with van der Waals surface area (Å²) in [6.07, 6.45) is 0. The van der Waals surface area contributed by atoms with Crippen LogP contribution in [0.2, 0.25) is 0 Å². The third-order valence-electron chi connectivity index (χ3n) is 5.46. The number of nitro groups is 1. The number of rotatable bonds is 6. The third kappa shape index (κ3) is 5.19. The molecule has 1 fully saturated rings. The molecule has 0 bridgehead atoms. The Balaban J connectivity index is 1.78. The lowest BCUT2D eigenvalue weighted by molar-refractivity contribution is -0.384. The van der Waals surface area contributed by atoms with Gasteiger partial charge in [0.25, 0.3) is 17.5 Å². The SMILES string of the molecule is CCOC(=O)c1c(C(=O)N2CCN(C(=O)c3ccc([N+](=O)[O-])cc3)CC2)nc(C)nc1C(C)C. The van der Waals surface area contributed by atoms with Crippen LogP contribution in [0.1, 0.15) is 69.4 Å². The molecule has 1 aliphatic heterocycles. The molecule has 0 N–H and O–H groups in total. The predicted octanol–water partition coefficient (Wildman–Crippen LogP) is 2.59. The van der Waals surface area contributed by atoms with E-state index in [9.17, 15) is 24.5 Å². The fourth-order valence-corrected chi connectivity index (χ4v) is 3.74. The second kappa shape index (κ2) is 10.4. The Morgan fingerprint density at radius 3 is 2.09 bits per heavy atom. The second-order valence-electron chi connectivity index (χ2n) is 8.14. The zero-order valence-electron chi connectivity index (χ0n) is 19.6. The van der Waals surface area contributed by atoms with Gasteiger partial charge in [-0.15, -0.1) is 0 Å². The lowest BCUT2D eigenvalue weighted by Crippen LogP contribution is -2.51. The molecule has 2 amide bonds. The van der Waals surface area contributed by atoms with Crippen LogP contribution in [-0.2, 0) is 4.74 Å². The summed E-state index contributed by atoms with van der Waals surface area (Å²) < 4.78 is 5.17. The van der Waals surface area contributed by atoms with Gasteiger partial charge in [0.05, 0.1) is 17.2 Å². The molecule has 0 radical (unpaired) electrons. The monoisotopic (exact) mass is 469 g/mol. The maximum atomic E-state index is 13.4. The lowest BCUT2D eigenvalue weighted by atomic mass is 10.0. The number of hydrogen-bond acceptors (Lipinski definition) is 8. The molecule has 180 valence electrons. The number of hydrogen-bond donors (Lipinski definition) is 0. The first-order chi connectivity index (χ1) is 16.1. The topological polar surface area (TPSA) is 136 Å². The molecule has 0 unspecified atom stereocenters. The summed E-state index contributed by atoms with van der Waals surface area (Å²) in [5, 5.41) is 10.8. The molecule has 11 heteroatoms. The van der Waals surface area contributed by atoms with Crippen molar-refractivity contribution in [3.05, 3.63) is 62.7 Å². The Hall–Kier alpha value is -3.89. The summed E-state index contributed by atoms with van der Waals surface area (Å²) in [6.45, 7) is 8.31. The van der Waals surface area contributed by atoms with Gasteiger partial charge in [-0.2, -0.15) is 0 Å². The van der Waals surface area contributed by atoms with E-state index in [-0.39, 0.29) is 61.6 Å². The molecule has 0 spiro atoms. The number of carbonyl (C=O) groups excluding carboxylic acids is 3. The van der Waals surface area contributed by atoms with E-state index in [0.717, 1.165) is 0 Å². The van der Waals surface area contributed by atoms with Crippen LogP contribution >= 0.6 is 0 Å². The normalized spacial score (nSPS) is 13.7. The Morgan fingerprint density at radius 1 is 1.03 bits per heavy atom. The van der Waals surface area contributed by atoms with Crippen LogP contribution in [0.25, 0.3) is 0 Å². The fourth-order valence-electron chi connectivity index (χ4n) is 3.74. The first-order valence-corrected chi connectivity index (χ1v) is 11.0. The molecule has 1 aromatic carbocycles. The number of non-ortho nitro benzene ring substituents is 1. The van der Waals surface area contributed by atoms with Crippen LogP contribution in [0.4, 0.5) is 5.69 Å². The molecule has 2 aromatic rings. The summed E-state index contributed by atoms with van der Waals surface area (Å²) >= 11 is 0. The quantitative estimate of drug-likeness (QED) is 0.358. The minimum Gasteiger partial charge on any atom is -0.462 e. The second-order valence-corrected chi connectivity index (χ2v) is 8.14. The van der Waals surface area contributed by atoms with Gasteiger partial charge in [0, 0.05) is 43.9 Å². The minimum absolute atomic E-state index is 0.00444. The molecule has 1 aliphatic rings. The highest BCUT2D eigenvalue weighted by Crippen LogP contribution is 2.23. The largest absolute Gasteiger partial charge is 0.462 e. The van der Waals surface area contributed by atoms with Crippen LogP contribution in [0.5, 0.6) is 0 Å². The lowest BCUT2D eigenvalue weighted by Gasteiger charge is -2.35. The van der Waals surface area contributed by atoms with E-state index >= 15 is 0 Å². The van der Waals surface area contributed by atoms with E-state index in [0.29, 0.717) is 17.1 Å². The van der Waals surface area contributed by atoms with Crippen molar-refractivity contribution in [2.45, 2.75) is 33.6 Å². The molecular weight excluding hydrogens is 442 g/mol. The Kier molecular flexibility index (Phi) is 7.54. The summed E-state index contributed by atoms with van der Waals surface area (Å²) in [6, 6.07) is 5.41. The summed E-state index contributed by atoms with van der Waals surface area (Å²) in [5.74, 6) is -1.07. The number of aryl methyl sites for hydroxylation is 1. The number of nitro benzene ring substituents is 1. The van der Waals surface area contributed by atoms with Crippen LogP contribution < -0.4 is 0 Å². The van der Waals surface area contributed by atoms with Crippen molar-refractivity contribution >= 4 is 23.5 Å². The number of esters is 1. The number of carbonyl (C=O) groups is 3. The molecule has 2 heterocycles. The van der Waals surface area contributed by atoms with Crippen molar-refractivity contribution in [2.24, 2.45) is 0 Å². The molecule has 0 saturated carbocycles. The van der Waals surface area contributed by atoms with Crippen LogP contribution in [0, 0.1) is 17.0 Å². The van der Waals surface area contributed by atoms with Gasteiger partial charge in [-0.1, -0.05) is 13.8 Å². The van der Waals surface area contributed by atoms with E-state index in [4.69, 9.17) is 4.74 Å². The van der Waals surface area contributed by atoms with E-state index in [1.807, 2.05) is 13.8 Å². The van der Waals surface area contributed by atoms with Gasteiger partial charge >= 0.3 is 5.97 Å². The van der Waals surface area contributed by atoms with Crippen molar-refractivity contribution in [1.29, 1.82) is 0 Å². The van der Waals surface area contributed by atoms with Crippen LogP contribution in [-0.4, -0.2) is 75.3 Å². The van der Waals surface area contributed by atoms with Crippen LogP contribution in [0.15, 0.2) is 24.3 Å². The van der Waals surface area contributed by atoms with Crippen molar-refractivity contribution in [2.75, 3.05) is 32.8 Å². The molecule has 0 aliphatic carbocycles. The van der Waals surface area contributed by atoms with E-state index in [1.54, 1.807) is 23.6 Å². The summed E-state index contributed by atoms with van der Waals surface area (Å²) in [7, 11) is 0. The highest BCUT2D eigenvalue weighted by atomic mass is 16.6. The zero-order chi connectivity index (χ0) is 25.0. The van der Waals surface area contributed by atoms with Gasteiger partial charge < -0.3 is 14.5 Å². The van der Waals surface area contributed by atoms with Gasteiger partial charge in [0.1, 0.15) is 17.1 Å². The number of piperazine rings is 1. The standard InChI is InChI=1S/C23H27N5O6/c1-5-34-23(31)18-19(14(2)3)24-15(4)25-20(18)22(30)27-12-10-26(11-13-27)21(29)16-6-8-17(9-7-16)28(32)33/h6-9,14H,5,10-13H2,1-4H3. The number of amides is 2. The summed E-state index contributed by atoms with van der Waals surface area (Å²) in [5.41, 5.74) is 0.788. The average Bonchev–Trinajstić information content (AvgIpc) is 2.82. The van der Waals surface area contributed by atoms with Gasteiger partial charge in [-0.05, 0) is 31.9 Å². The summed E-state index contributed by atoms with van der Waals surface area (Å²) in [4.78, 5) is 60.9.